The number of nitrogens with zero attached hydrogens (tertiary/aromatic N) is 1. The Morgan fingerprint density at radius 2 is 1.89 bits per heavy atom. The van der Waals surface area contributed by atoms with Crippen LogP contribution in [0.2, 0.25) is 0 Å². The lowest BCUT2D eigenvalue weighted by molar-refractivity contribution is -0.137. The number of hydrogen-bond acceptors (Lipinski definition) is 3. The van der Waals surface area contributed by atoms with E-state index in [1.807, 2.05) is 25.7 Å². The van der Waals surface area contributed by atoms with Crippen LogP contribution in [0.5, 0.6) is 0 Å². The first-order valence-corrected chi connectivity index (χ1v) is 7.13. The van der Waals surface area contributed by atoms with Gasteiger partial charge >= 0.3 is 6.09 Å². The van der Waals surface area contributed by atoms with E-state index in [4.69, 9.17) is 4.74 Å². The van der Waals surface area contributed by atoms with Gasteiger partial charge in [-0.25, -0.2) is 4.79 Å². The molecular formula is C14H24N2O3. The average Bonchev–Trinajstić information content (AvgIpc) is 2.59. The number of nitrogens with one attached hydrogen (secondary N) is 1. The van der Waals surface area contributed by atoms with E-state index in [-0.39, 0.29) is 17.9 Å². The first-order chi connectivity index (χ1) is 8.85. The zero-order chi connectivity index (χ0) is 14.0. The molecule has 0 spiro atoms. The third-order valence-electron chi connectivity index (χ3n) is 3.68. The predicted octanol–water partition coefficient (Wildman–Crippen LogP) is 1.91. The second-order valence-electron chi connectivity index (χ2n) is 6.54. The summed E-state index contributed by atoms with van der Waals surface area (Å²) in [5.41, 5.74) is -0.482. The minimum absolute atomic E-state index is 0.0267. The number of hydrogen-bond donors (Lipinski definition) is 1. The number of carbonyl (C=O) groups excluding carboxylic acids is 2. The molecule has 1 atom stereocenters. The number of amides is 2. The number of carbonyl (C=O) groups is 2. The lowest BCUT2D eigenvalue weighted by Gasteiger charge is -2.29. The minimum Gasteiger partial charge on any atom is -0.444 e. The first kappa shape index (κ1) is 14.2. The maximum atomic E-state index is 12.1. The molecule has 1 N–H and O–H groups in total. The molecule has 1 saturated carbocycles. The van der Waals surface area contributed by atoms with Crippen molar-refractivity contribution in [1.29, 1.82) is 0 Å². The van der Waals surface area contributed by atoms with Crippen molar-refractivity contribution < 1.29 is 14.3 Å². The minimum atomic E-state index is -0.482. The van der Waals surface area contributed by atoms with Crippen LogP contribution >= 0.6 is 0 Å². The van der Waals surface area contributed by atoms with Crippen LogP contribution in [0.4, 0.5) is 4.79 Å². The van der Waals surface area contributed by atoms with Crippen molar-refractivity contribution in [3.8, 4) is 0 Å². The van der Waals surface area contributed by atoms with Gasteiger partial charge in [0.2, 0.25) is 5.91 Å². The molecule has 1 saturated heterocycles. The summed E-state index contributed by atoms with van der Waals surface area (Å²) in [6, 6.07) is 0.0267. The number of likely N-dealkylation sites (tertiary alicyclic amines) is 1. The predicted molar refractivity (Wildman–Crippen MR) is 71.7 cm³/mol. The van der Waals surface area contributed by atoms with Gasteiger partial charge in [0, 0.05) is 19.0 Å². The summed E-state index contributed by atoms with van der Waals surface area (Å²) >= 11 is 0. The Kier molecular flexibility index (Phi) is 4.02. The monoisotopic (exact) mass is 268 g/mol. The number of ether oxygens (including phenoxy) is 1. The molecule has 0 aromatic heterocycles. The molecule has 19 heavy (non-hydrogen) atoms. The van der Waals surface area contributed by atoms with Crippen LogP contribution in [-0.4, -0.2) is 41.6 Å². The zero-order valence-corrected chi connectivity index (χ0v) is 12.1. The molecule has 0 bridgehead atoms. The number of rotatable bonds is 2. The average molecular weight is 268 g/mol. The SMILES string of the molecule is CC(C)(C)OC(=O)N[C@H]1CCN(C(=O)C2CCC2)C1. The van der Waals surface area contributed by atoms with Crippen molar-refractivity contribution in [3.05, 3.63) is 0 Å². The van der Waals surface area contributed by atoms with E-state index in [0.717, 1.165) is 25.8 Å². The summed E-state index contributed by atoms with van der Waals surface area (Å²) in [7, 11) is 0. The summed E-state index contributed by atoms with van der Waals surface area (Å²) < 4.78 is 5.22. The molecule has 0 aromatic carbocycles. The Labute approximate surface area is 114 Å². The maximum absolute atomic E-state index is 12.1. The normalized spacial score (nSPS) is 23.9. The molecule has 5 heteroatoms. The fourth-order valence-electron chi connectivity index (χ4n) is 2.47. The molecule has 1 heterocycles. The van der Waals surface area contributed by atoms with Gasteiger partial charge in [-0.2, -0.15) is 0 Å². The zero-order valence-electron chi connectivity index (χ0n) is 12.1. The van der Waals surface area contributed by atoms with E-state index < -0.39 is 11.7 Å². The topological polar surface area (TPSA) is 58.6 Å². The molecule has 2 fully saturated rings. The van der Waals surface area contributed by atoms with E-state index >= 15 is 0 Å². The molecule has 2 aliphatic rings. The maximum Gasteiger partial charge on any atom is 0.407 e. The molecule has 108 valence electrons. The van der Waals surface area contributed by atoms with Gasteiger partial charge in [0.15, 0.2) is 0 Å². The van der Waals surface area contributed by atoms with Crippen LogP contribution in [-0.2, 0) is 9.53 Å². The highest BCUT2D eigenvalue weighted by Crippen LogP contribution is 2.29. The summed E-state index contributed by atoms with van der Waals surface area (Å²) in [5.74, 6) is 0.500. The van der Waals surface area contributed by atoms with Crippen LogP contribution in [0.1, 0.15) is 46.5 Å². The van der Waals surface area contributed by atoms with Crippen LogP contribution in [0.15, 0.2) is 0 Å². The van der Waals surface area contributed by atoms with E-state index in [9.17, 15) is 9.59 Å². The van der Waals surface area contributed by atoms with Crippen molar-refractivity contribution in [2.75, 3.05) is 13.1 Å². The largest absolute Gasteiger partial charge is 0.444 e. The third kappa shape index (κ3) is 3.85. The van der Waals surface area contributed by atoms with Gasteiger partial charge in [0.1, 0.15) is 5.60 Å². The highest BCUT2D eigenvalue weighted by Gasteiger charge is 2.34. The lowest BCUT2D eigenvalue weighted by Crippen LogP contribution is -2.43. The van der Waals surface area contributed by atoms with Gasteiger partial charge in [0.25, 0.3) is 0 Å². The summed E-state index contributed by atoms with van der Waals surface area (Å²) in [4.78, 5) is 25.6. The smallest absolute Gasteiger partial charge is 0.407 e. The Morgan fingerprint density at radius 3 is 2.42 bits per heavy atom. The van der Waals surface area contributed by atoms with Gasteiger partial charge in [-0.15, -0.1) is 0 Å². The van der Waals surface area contributed by atoms with Crippen molar-refractivity contribution in [1.82, 2.24) is 10.2 Å². The first-order valence-electron chi connectivity index (χ1n) is 7.13. The highest BCUT2D eigenvalue weighted by molar-refractivity contribution is 5.80. The molecule has 1 aliphatic heterocycles. The van der Waals surface area contributed by atoms with E-state index in [1.165, 1.54) is 6.42 Å². The fourth-order valence-corrected chi connectivity index (χ4v) is 2.47. The van der Waals surface area contributed by atoms with Crippen LogP contribution in [0.3, 0.4) is 0 Å². The lowest BCUT2D eigenvalue weighted by atomic mass is 9.84. The molecule has 2 amide bonds. The van der Waals surface area contributed by atoms with Crippen LogP contribution in [0, 0.1) is 5.92 Å². The van der Waals surface area contributed by atoms with Crippen LogP contribution < -0.4 is 5.32 Å². The summed E-state index contributed by atoms with van der Waals surface area (Å²) in [6.07, 6.45) is 3.65. The Bertz CT molecular complexity index is 358. The Balaban J connectivity index is 1.75. The molecule has 1 aliphatic carbocycles. The number of alkyl carbamates (subject to hydrolysis) is 1. The second-order valence-corrected chi connectivity index (χ2v) is 6.54. The fraction of sp³-hybridized carbons (Fsp3) is 0.857. The van der Waals surface area contributed by atoms with Gasteiger partial charge in [-0.05, 0) is 40.0 Å². The van der Waals surface area contributed by atoms with E-state index in [2.05, 4.69) is 5.32 Å². The van der Waals surface area contributed by atoms with Gasteiger partial charge in [-0.3, -0.25) is 4.79 Å². The van der Waals surface area contributed by atoms with Gasteiger partial charge in [-0.1, -0.05) is 6.42 Å². The molecule has 0 unspecified atom stereocenters. The molecular weight excluding hydrogens is 244 g/mol. The quantitative estimate of drug-likeness (QED) is 0.832. The van der Waals surface area contributed by atoms with Gasteiger partial charge < -0.3 is 15.0 Å². The van der Waals surface area contributed by atoms with E-state index in [1.54, 1.807) is 0 Å². The van der Waals surface area contributed by atoms with E-state index in [0.29, 0.717) is 6.54 Å². The van der Waals surface area contributed by atoms with Crippen molar-refractivity contribution in [3.63, 3.8) is 0 Å². The standard InChI is InChI=1S/C14H24N2O3/c1-14(2,3)19-13(18)15-11-7-8-16(9-11)12(17)10-5-4-6-10/h10-11H,4-9H2,1-3H3,(H,15,18)/t11-/m0/s1. The highest BCUT2D eigenvalue weighted by atomic mass is 16.6. The Hall–Kier alpha value is -1.26. The molecule has 0 aromatic rings. The van der Waals surface area contributed by atoms with Gasteiger partial charge in [0.05, 0.1) is 6.04 Å². The van der Waals surface area contributed by atoms with Crippen molar-refractivity contribution in [2.24, 2.45) is 5.92 Å². The second kappa shape index (κ2) is 5.39. The molecule has 5 nitrogen and oxygen atoms in total. The Morgan fingerprint density at radius 1 is 1.21 bits per heavy atom. The van der Waals surface area contributed by atoms with Crippen molar-refractivity contribution >= 4 is 12.0 Å². The van der Waals surface area contributed by atoms with Crippen molar-refractivity contribution in [2.45, 2.75) is 58.1 Å². The molecule has 2 rings (SSSR count). The molecule has 0 radical (unpaired) electrons. The third-order valence-corrected chi connectivity index (χ3v) is 3.68. The van der Waals surface area contributed by atoms with Crippen LogP contribution in [0.25, 0.3) is 0 Å². The summed E-state index contributed by atoms with van der Waals surface area (Å²) in [5, 5.41) is 2.84. The summed E-state index contributed by atoms with van der Waals surface area (Å²) in [6.45, 7) is 6.89.